The second-order valence-electron chi connectivity index (χ2n) is 12.1. The predicted molar refractivity (Wildman–Crippen MR) is 172 cm³/mol. The van der Waals surface area contributed by atoms with E-state index in [1.807, 2.05) is 48.5 Å². The van der Waals surface area contributed by atoms with Crippen LogP contribution in [0, 0.1) is 11.8 Å². The first-order valence-electron chi connectivity index (χ1n) is 15.5. The molecule has 8 heterocycles. The van der Waals surface area contributed by atoms with E-state index < -0.39 is 0 Å². The Morgan fingerprint density at radius 3 is 1.59 bits per heavy atom. The molecule has 2 aromatic heterocycles. The zero-order valence-corrected chi connectivity index (χ0v) is 26.1. The first kappa shape index (κ1) is 29.4. The van der Waals surface area contributed by atoms with Gasteiger partial charge in [0.1, 0.15) is 12.2 Å². The summed E-state index contributed by atoms with van der Waals surface area (Å²) < 4.78 is 12.0. The zero-order valence-electron chi connectivity index (χ0n) is 24.6. The SMILES string of the molecule is Clc1cccc(-c2cnc(O[C@H]3CN4CCC3CC4)nc2)c1.Clc1ccccc1-c1cnc(OC2CN3CCC2CC3)nc1. The summed E-state index contributed by atoms with van der Waals surface area (Å²) >= 11 is 12.2. The number of benzene rings is 2. The van der Waals surface area contributed by atoms with E-state index in [1.165, 1.54) is 51.9 Å². The van der Waals surface area contributed by atoms with Gasteiger partial charge in [-0.3, -0.25) is 9.80 Å². The summed E-state index contributed by atoms with van der Waals surface area (Å²) in [7, 11) is 0. The second-order valence-corrected chi connectivity index (χ2v) is 12.9. The highest BCUT2D eigenvalue weighted by molar-refractivity contribution is 6.33. The molecule has 6 saturated heterocycles. The molecule has 0 spiro atoms. The summed E-state index contributed by atoms with van der Waals surface area (Å²) in [5.41, 5.74) is 3.82. The molecule has 228 valence electrons. The Kier molecular flexibility index (Phi) is 8.93. The normalized spacial score (nSPS) is 26.9. The Labute approximate surface area is 268 Å². The third-order valence-electron chi connectivity index (χ3n) is 9.31. The highest BCUT2D eigenvalue weighted by atomic mass is 35.5. The van der Waals surface area contributed by atoms with Crippen LogP contribution in [0.2, 0.25) is 10.0 Å². The van der Waals surface area contributed by atoms with Crippen LogP contribution < -0.4 is 9.47 Å². The van der Waals surface area contributed by atoms with E-state index in [2.05, 4.69) is 29.7 Å². The second kappa shape index (κ2) is 13.4. The molecule has 0 N–H and O–H groups in total. The third kappa shape index (κ3) is 6.84. The van der Waals surface area contributed by atoms with Crippen LogP contribution in [0.5, 0.6) is 12.0 Å². The monoisotopic (exact) mass is 630 g/mol. The van der Waals surface area contributed by atoms with Crippen molar-refractivity contribution in [1.82, 2.24) is 29.7 Å². The van der Waals surface area contributed by atoms with E-state index in [0.717, 1.165) is 35.3 Å². The van der Waals surface area contributed by atoms with Crippen LogP contribution in [0.25, 0.3) is 22.3 Å². The van der Waals surface area contributed by atoms with Gasteiger partial charge in [-0.1, -0.05) is 53.5 Å². The molecule has 44 heavy (non-hydrogen) atoms. The van der Waals surface area contributed by atoms with Gasteiger partial charge in [-0.15, -0.1) is 0 Å². The van der Waals surface area contributed by atoms with Gasteiger partial charge in [0.05, 0.1) is 0 Å². The van der Waals surface area contributed by atoms with Crippen molar-refractivity contribution in [3.63, 3.8) is 0 Å². The lowest BCUT2D eigenvalue weighted by Crippen LogP contribution is -2.52. The first-order chi connectivity index (χ1) is 21.6. The lowest BCUT2D eigenvalue weighted by Gasteiger charge is -2.43. The van der Waals surface area contributed by atoms with Gasteiger partial charge in [0.2, 0.25) is 0 Å². The highest BCUT2D eigenvalue weighted by Gasteiger charge is 2.37. The molecular formula is C34H36Cl2N6O2. The van der Waals surface area contributed by atoms with Gasteiger partial charge >= 0.3 is 12.0 Å². The molecule has 6 aliphatic heterocycles. The van der Waals surface area contributed by atoms with Crippen LogP contribution in [-0.2, 0) is 0 Å². The molecule has 0 radical (unpaired) electrons. The number of halogens is 2. The fourth-order valence-corrected chi connectivity index (χ4v) is 7.20. The Hall–Kier alpha value is -3.30. The summed E-state index contributed by atoms with van der Waals surface area (Å²) in [6.07, 6.45) is 12.5. The van der Waals surface area contributed by atoms with Crippen molar-refractivity contribution >= 4 is 23.2 Å². The van der Waals surface area contributed by atoms with E-state index in [4.69, 9.17) is 32.7 Å². The lowest BCUT2D eigenvalue weighted by molar-refractivity contribution is -0.0124. The molecule has 10 heteroatoms. The van der Waals surface area contributed by atoms with Crippen LogP contribution in [-0.4, -0.2) is 81.2 Å². The Morgan fingerprint density at radius 1 is 0.591 bits per heavy atom. The summed E-state index contributed by atoms with van der Waals surface area (Å²) in [6.45, 7) is 6.83. The third-order valence-corrected chi connectivity index (χ3v) is 9.87. The van der Waals surface area contributed by atoms with Crippen molar-refractivity contribution in [3.05, 3.63) is 83.4 Å². The van der Waals surface area contributed by atoms with Gasteiger partial charge in [-0.05, 0) is 87.5 Å². The number of ether oxygens (including phenoxy) is 2. The van der Waals surface area contributed by atoms with E-state index in [0.29, 0.717) is 33.9 Å². The fourth-order valence-electron chi connectivity index (χ4n) is 6.77. The van der Waals surface area contributed by atoms with E-state index >= 15 is 0 Å². The molecule has 2 aromatic carbocycles. The number of fused-ring (bicyclic) bond motifs is 6. The number of rotatable bonds is 6. The molecule has 4 aromatic rings. The van der Waals surface area contributed by atoms with Gasteiger partial charge in [0.25, 0.3) is 0 Å². The molecule has 2 atom stereocenters. The molecule has 10 rings (SSSR count). The molecule has 0 amide bonds. The molecule has 8 nitrogen and oxygen atoms in total. The zero-order chi connectivity index (χ0) is 29.9. The van der Waals surface area contributed by atoms with E-state index in [1.54, 1.807) is 24.8 Å². The number of aromatic nitrogens is 4. The maximum absolute atomic E-state index is 6.20. The minimum atomic E-state index is 0.230. The maximum atomic E-state index is 6.20. The summed E-state index contributed by atoms with van der Waals surface area (Å²) in [6, 6.07) is 16.3. The Morgan fingerprint density at radius 2 is 1.11 bits per heavy atom. The van der Waals surface area contributed by atoms with Gasteiger partial charge in [-0.25, -0.2) is 19.9 Å². The van der Waals surface area contributed by atoms with Crippen molar-refractivity contribution < 1.29 is 9.47 Å². The minimum absolute atomic E-state index is 0.230. The average molecular weight is 632 g/mol. The van der Waals surface area contributed by atoms with Crippen molar-refractivity contribution in [2.24, 2.45) is 11.8 Å². The van der Waals surface area contributed by atoms with Crippen molar-refractivity contribution in [2.75, 3.05) is 39.3 Å². The molecule has 6 aliphatic rings. The van der Waals surface area contributed by atoms with Crippen molar-refractivity contribution in [3.8, 4) is 34.3 Å². The molecule has 1 unspecified atom stereocenters. The molecule has 4 bridgehead atoms. The van der Waals surface area contributed by atoms with Crippen molar-refractivity contribution in [1.29, 1.82) is 0 Å². The standard InChI is InChI=1S/2C17H18ClN3O/c18-15-3-1-2-13(8-15)14-9-19-17(20-10-14)22-16-11-21-6-4-12(16)5-7-21;18-15-4-2-1-3-14(15)13-9-19-17(20-10-13)22-16-11-21-7-5-12(16)6-8-21/h1-3,8-10,12,16H,4-7,11H2;1-4,9-10,12,16H,5-8,11H2/t16-;/m0./s1. The summed E-state index contributed by atoms with van der Waals surface area (Å²) in [5.74, 6) is 1.30. The van der Waals surface area contributed by atoms with E-state index in [-0.39, 0.29) is 12.2 Å². The maximum Gasteiger partial charge on any atom is 0.316 e. The van der Waals surface area contributed by atoms with Gasteiger partial charge in [-0.2, -0.15) is 0 Å². The molecule has 6 fully saturated rings. The van der Waals surface area contributed by atoms with Crippen LogP contribution in [0.3, 0.4) is 0 Å². The number of hydrogen-bond donors (Lipinski definition) is 0. The van der Waals surface area contributed by atoms with Crippen LogP contribution in [0.4, 0.5) is 0 Å². The lowest BCUT2D eigenvalue weighted by atomic mass is 9.86. The molecule has 0 aliphatic carbocycles. The van der Waals surface area contributed by atoms with Gasteiger partial charge < -0.3 is 9.47 Å². The summed E-state index contributed by atoms with van der Waals surface area (Å²) in [4.78, 5) is 22.4. The number of piperidine rings is 6. The fraction of sp³-hybridized carbons (Fsp3) is 0.412. The largest absolute Gasteiger partial charge is 0.458 e. The first-order valence-corrected chi connectivity index (χ1v) is 16.3. The van der Waals surface area contributed by atoms with Crippen LogP contribution in [0.15, 0.2) is 73.3 Å². The minimum Gasteiger partial charge on any atom is -0.458 e. The Balaban J connectivity index is 0.000000142. The van der Waals surface area contributed by atoms with Gasteiger partial charge in [0, 0.05) is 64.6 Å². The Bertz CT molecular complexity index is 1540. The average Bonchev–Trinajstić information content (AvgIpc) is 3.07. The van der Waals surface area contributed by atoms with Gasteiger partial charge in [0.15, 0.2) is 0 Å². The van der Waals surface area contributed by atoms with Crippen LogP contribution >= 0.6 is 23.2 Å². The number of nitrogens with zero attached hydrogens (tertiary/aromatic N) is 6. The highest BCUT2D eigenvalue weighted by Crippen LogP contribution is 2.32. The van der Waals surface area contributed by atoms with E-state index in [9.17, 15) is 0 Å². The molecular weight excluding hydrogens is 595 g/mol. The quantitative estimate of drug-likeness (QED) is 0.238. The molecule has 0 saturated carbocycles. The van der Waals surface area contributed by atoms with Crippen molar-refractivity contribution in [2.45, 2.75) is 37.9 Å². The predicted octanol–water partition coefficient (Wildman–Crippen LogP) is 6.54. The summed E-state index contributed by atoms with van der Waals surface area (Å²) in [5, 5.41) is 1.42. The topological polar surface area (TPSA) is 76.5 Å². The van der Waals surface area contributed by atoms with Crippen LogP contribution in [0.1, 0.15) is 25.7 Å². The smallest absolute Gasteiger partial charge is 0.316 e. The number of hydrogen-bond acceptors (Lipinski definition) is 8.